The van der Waals surface area contributed by atoms with E-state index in [4.69, 9.17) is 42.2 Å². The van der Waals surface area contributed by atoms with Gasteiger partial charge < -0.3 is 89.1 Å². The molecule has 1 aliphatic carbocycles. The predicted octanol–water partition coefficient (Wildman–Crippen LogP) is 9.79. The van der Waals surface area contributed by atoms with Gasteiger partial charge in [-0.05, 0) is 19.3 Å². The second kappa shape index (κ2) is 52.9. The van der Waals surface area contributed by atoms with Gasteiger partial charge in [0, 0.05) is 19.3 Å². The van der Waals surface area contributed by atoms with Crippen molar-refractivity contribution in [2.45, 2.75) is 401 Å². The van der Waals surface area contributed by atoms with Crippen LogP contribution in [0.1, 0.15) is 297 Å². The molecule has 11 N–H and O–H groups in total. The fourth-order valence-corrected chi connectivity index (χ4v) is 13.5. The highest BCUT2D eigenvalue weighted by Crippen LogP contribution is 2.49. The number of aliphatic hydroxyl groups is 10. The Hall–Kier alpha value is -2.04. The number of hydrogen-bond acceptors (Lipinski definition) is 23. The first-order chi connectivity index (χ1) is 45.8. The molecule has 2 heterocycles. The van der Waals surface area contributed by atoms with Crippen LogP contribution in [0.25, 0.3) is 0 Å². The SMILES string of the molecule is CCCCCCCCCCCCCCCCCCCC(=O)OCC1OC(OC2C(O)C(O)C(O)C(OC3OC(CO)C(O)C(O)C3O)C2OP(=O)(O)OCC(COC(=O)CCCCCCCCCCCCC)OC(=O)CCCCCCCCCCCCCC)C(O)C(O)C1O. The predicted molar refractivity (Wildman–Crippen MR) is 356 cm³/mol. The highest BCUT2D eigenvalue weighted by molar-refractivity contribution is 7.47. The molecule has 2 aliphatic heterocycles. The van der Waals surface area contributed by atoms with Crippen LogP contribution in [0, 0.1) is 0 Å². The minimum Gasteiger partial charge on any atom is -0.463 e. The number of carbonyl (C=O) groups is 3. The van der Waals surface area contributed by atoms with E-state index in [1.54, 1.807) is 0 Å². The maximum atomic E-state index is 14.3. The molecule has 0 aromatic rings. The van der Waals surface area contributed by atoms with Crippen LogP contribution in [0.3, 0.4) is 0 Å². The highest BCUT2D eigenvalue weighted by atomic mass is 31.2. The Morgan fingerprint density at radius 1 is 0.368 bits per heavy atom. The fourth-order valence-electron chi connectivity index (χ4n) is 12.5. The highest BCUT2D eigenvalue weighted by Gasteiger charge is 2.58. The van der Waals surface area contributed by atoms with Crippen molar-refractivity contribution in [3.63, 3.8) is 0 Å². The van der Waals surface area contributed by atoms with Crippen molar-refractivity contribution in [1.82, 2.24) is 0 Å². The molecule has 25 heteroatoms. The average molecular weight is 1390 g/mol. The number of hydrogen-bond donors (Lipinski definition) is 11. The number of ether oxygens (including phenoxy) is 7. The van der Waals surface area contributed by atoms with Crippen LogP contribution in [0.15, 0.2) is 0 Å². The van der Waals surface area contributed by atoms with E-state index in [1.165, 1.54) is 141 Å². The molecular weight excluding hydrogens is 1260 g/mol. The number of esters is 3. The third-order valence-corrected chi connectivity index (χ3v) is 19.6. The second-order valence-corrected chi connectivity index (χ2v) is 28.4. The number of phosphoric acid groups is 1. The zero-order valence-electron chi connectivity index (χ0n) is 58.2. The molecule has 2 saturated heterocycles. The zero-order chi connectivity index (χ0) is 69.6. The van der Waals surface area contributed by atoms with E-state index in [2.05, 4.69) is 20.8 Å². The summed E-state index contributed by atoms with van der Waals surface area (Å²) < 4.78 is 64.9. The molecule has 0 bridgehead atoms. The molecule has 95 heavy (non-hydrogen) atoms. The van der Waals surface area contributed by atoms with Crippen molar-refractivity contribution in [2.75, 3.05) is 26.4 Å². The Morgan fingerprint density at radius 3 is 1.03 bits per heavy atom. The van der Waals surface area contributed by atoms with Gasteiger partial charge in [0.05, 0.1) is 13.2 Å². The maximum Gasteiger partial charge on any atom is 0.472 e. The van der Waals surface area contributed by atoms with Crippen molar-refractivity contribution in [3.05, 3.63) is 0 Å². The van der Waals surface area contributed by atoms with Gasteiger partial charge >= 0.3 is 25.7 Å². The largest absolute Gasteiger partial charge is 0.472 e. The van der Waals surface area contributed by atoms with Gasteiger partial charge in [0.15, 0.2) is 18.7 Å². The topological polar surface area (TPSA) is 374 Å². The average Bonchev–Trinajstić information content (AvgIpc) is 0.764. The summed E-state index contributed by atoms with van der Waals surface area (Å²) in [7, 11) is -5.69. The minimum absolute atomic E-state index is 0.0339. The summed E-state index contributed by atoms with van der Waals surface area (Å²) in [5.41, 5.74) is 0. The van der Waals surface area contributed by atoms with Crippen molar-refractivity contribution < 1.29 is 117 Å². The van der Waals surface area contributed by atoms with Crippen molar-refractivity contribution in [1.29, 1.82) is 0 Å². The standard InChI is InChI=1S/C70H131O24P/c1-4-7-10-13-16-19-22-24-25-26-27-28-31-33-36-39-42-45-55(73)87-50-53-58(76)60(78)65(83)70(91-53)93-67-63(81)61(79)62(80)66(92-69-64(82)59(77)57(75)52(47-71)90-69)68(67)94-95(84,85)88-49-51(48-86-54(72)44-41-38-35-32-29-21-18-15-12-9-6-3)89-56(74)46-43-40-37-34-30-23-20-17-14-11-8-5-2/h51-53,57-71,75-83H,4-50H2,1-3H3,(H,84,85). The first-order valence-electron chi connectivity index (χ1n) is 37.3. The molecule has 18 atom stereocenters. The van der Waals surface area contributed by atoms with E-state index >= 15 is 0 Å². The summed E-state index contributed by atoms with van der Waals surface area (Å²) in [5, 5.41) is 110. The van der Waals surface area contributed by atoms with Gasteiger partial charge in [-0.25, -0.2) is 4.57 Å². The monoisotopic (exact) mass is 1390 g/mol. The van der Waals surface area contributed by atoms with Crippen LogP contribution < -0.4 is 0 Å². The van der Waals surface area contributed by atoms with Crippen LogP contribution in [0.2, 0.25) is 0 Å². The van der Waals surface area contributed by atoms with E-state index in [9.17, 15) is 74.9 Å². The van der Waals surface area contributed by atoms with Crippen molar-refractivity contribution >= 4 is 25.7 Å². The van der Waals surface area contributed by atoms with Crippen LogP contribution in [-0.4, -0.2) is 204 Å². The molecule has 0 aromatic carbocycles. The Balaban J connectivity index is 1.72. The van der Waals surface area contributed by atoms with Crippen molar-refractivity contribution in [3.8, 4) is 0 Å². The molecule has 3 aliphatic rings. The third kappa shape index (κ3) is 36.4. The lowest BCUT2D eigenvalue weighted by molar-refractivity contribution is -0.360. The quantitative estimate of drug-likeness (QED) is 0.0117. The summed E-state index contributed by atoms with van der Waals surface area (Å²) in [6, 6.07) is 0. The first-order valence-corrected chi connectivity index (χ1v) is 38.8. The Morgan fingerprint density at radius 2 is 0.674 bits per heavy atom. The molecule has 24 nitrogen and oxygen atoms in total. The Labute approximate surface area is 568 Å². The first kappa shape index (κ1) is 87.2. The van der Waals surface area contributed by atoms with E-state index < -0.39 is 156 Å². The summed E-state index contributed by atoms with van der Waals surface area (Å²) >= 11 is 0. The van der Waals surface area contributed by atoms with Crippen LogP contribution in [0.5, 0.6) is 0 Å². The van der Waals surface area contributed by atoms with Crippen LogP contribution in [-0.2, 0) is 61.2 Å². The van der Waals surface area contributed by atoms with Gasteiger partial charge in [0.25, 0.3) is 0 Å². The summed E-state index contributed by atoms with van der Waals surface area (Å²) in [4.78, 5) is 50.9. The summed E-state index contributed by atoms with van der Waals surface area (Å²) in [5.74, 6) is -1.98. The van der Waals surface area contributed by atoms with Gasteiger partial charge in [-0.1, -0.05) is 258 Å². The summed E-state index contributed by atoms with van der Waals surface area (Å²) in [6.07, 6.45) is 9.01. The van der Waals surface area contributed by atoms with E-state index in [1.807, 2.05) is 0 Å². The van der Waals surface area contributed by atoms with Crippen molar-refractivity contribution in [2.24, 2.45) is 0 Å². The van der Waals surface area contributed by atoms with Crippen LogP contribution in [0.4, 0.5) is 0 Å². The van der Waals surface area contributed by atoms with Gasteiger partial charge in [0.2, 0.25) is 0 Å². The number of aliphatic hydroxyl groups excluding tert-OH is 10. The second-order valence-electron chi connectivity index (χ2n) is 27.0. The van der Waals surface area contributed by atoms with Gasteiger partial charge in [-0.2, -0.15) is 0 Å². The molecule has 0 aromatic heterocycles. The van der Waals surface area contributed by atoms with E-state index in [-0.39, 0.29) is 19.3 Å². The lowest BCUT2D eigenvalue weighted by atomic mass is 9.84. The third-order valence-electron chi connectivity index (χ3n) is 18.6. The van der Waals surface area contributed by atoms with Gasteiger partial charge in [0.1, 0.15) is 98.7 Å². The number of unbranched alkanes of at least 4 members (excludes halogenated alkanes) is 37. The Kier molecular flexibility index (Phi) is 48.5. The lowest BCUT2D eigenvalue weighted by Crippen LogP contribution is -2.69. The lowest BCUT2D eigenvalue weighted by Gasteiger charge is -2.49. The molecule has 18 unspecified atom stereocenters. The summed E-state index contributed by atoms with van der Waals surface area (Å²) in [6.45, 7) is 3.44. The van der Waals surface area contributed by atoms with Gasteiger partial charge in [-0.15, -0.1) is 0 Å². The normalized spacial score (nSPS) is 28.1. The molecule has 0 spiro atoms. The molecule has 3 fully saturated rings. The van der Waals surface area contributed by atoms with Crippen LogP contribution >= 0.6 is 7.82 Å². The molecule has 0 radical (unpaired) electrons. The fraction of sp³-hybridized carbons (Fsp3) is 0.957. The van der Waals surface area contributed by atoms with E-state index in [0.717, 1.165) is 96.3 Å². The van der Waals surface area contributed by atoms with Gasteiger partial charge in [-0.3, -0.25) is 23.4 Å². The molecule has 1 saturated carbocycles. The molecule has 3 rings (SSSR count). The molecular formula is C70H131O24P. The smallest absolute Gasteiger partial charge is 0.463 e. The number of phosphoric ester groups is 1. The number of carbonyl (C=O) groups excluding carboxylic acids is 3. The zero-order valence-corrected chi connectivity index (χ0v) is 59.1. The van der Waals surface area contributed by atoms with E-state index in [0.29, 0.717) is 19.3 Å². The molecule has 0 amide bonds. The maximum absolute atomic E-state index is 14.3. The Bertz CT molecular complexity index is 1980. The molecule has 560 valence electrons. The minimum atomic E-state index is -5.69. The number of rotatable bonds is 58.